The highest BCUT2D eigenvalue weighted by atomic mass is 32.1. The Morgan fingerprint density at radius 3 is 2.50 bits per heavy atom. The van der Waals surface area contributed by atoms with E-state index in [1.165, 1.54) is 30.6 Å². The molecule has 0 spiro atoms. The molecule has 0 atom stereocenters. The number of rotatable bonds is 13. The summed E-state index contributed by atoms with van der Waals surface area (Å²) in [5.41, 5.74) is 14.0. The van der Waals surface area contributed by atoms with E-state index in [9.17, 15) is 14.0 Å². The van der Waals surface area contributed by atoms with Gasteiger partial charge in [0.2, 0.25) is 16.9 Å². The Labute approximate surface area is 224 Å². The lowest BCUT2D eigenvalue weighted by Gasteiger charge is -2.05. The van der Waals surface area contributed by atoms with Crippen molar-refractivity contribution in [3.05, 3.63) is 94.2 Å². The highest BCUT2D eigenvalue weighted by molar-refractivity contribution is 7.15. The molecule has 2 amide bonds. The maximum Gasteiger partial charge on any atom is 0.230 e. The van der Waals surface area contributed by atoms with Crippen LogP contribution in [-0.2, 0) is 28.9 Å². The van der Waals surface area contributed by atoms with Crippen molar-refractivity contribution < 1.29 is 18.7 Å². The molecule has 0 saturated heterocycles. The zero-order valence-electron chi connectivity index (χ0n) is 21.1. The van der Waals surface area contributed by atoms with E-state index in [-0.39, 0.29) is 36.2 Å². The number of halogens is 1. The summed E-state index contributed by atoms with van der Waals surface area (Å²) in [6.07, 6.45) is 6.52. The molecular formula is C27H31FN6O3S. The van der Waals surface area contributed by atoms with E-state index in [2.05, 4.69) is 20.8 Å². The Morgan fingerprint density at radius 2 is 1.76 bits per heavy atom. The SMILES string of the molecule is COc1ccc(CC(=O)Nc2nnc(CCCC/C(N)=C/C=C(\N)NC(=O)Cc3ccccc3)s2)cc1F. The highest BCUT2D eigenvalue weighted by Gasteiger charge is 2.11. The summed E-state index contributed by atoms with van der Waals surface area (Å²) in [6, 6.07) is 13.8. The lowest BCUT2D eigenvalue weighted by Crippen LogP contribution is -2.28. The molecule has 0 saturated carbocycles. The number of nitrogens with one attached hydrogen (secondary N) is 2. The van der Waals surface area contributed by atoms with E-state index in [0.29, 0.717) is 29.2 Å². The van der Waals surface area contributed by atoms with E-state index >= 15 is 0 Å². The monoisotopic (exact) mass is 538 g/mol. The van der Waals surface area contributed by atoms with Gasteiger partial charge in [-0.25, -0.2) is 4.39 Å². The van der Waals surface area contributed by atoms with Crippen LogP contribution in [-0.4, -0.2) is 29.1 Å². The van der Waals surface area contributed by atoms with Crippen LogP contribution in [0.1, 0.15) is 35.4 Å². The predicted molar refractivity (Wildman–Crippen MR) is 146 cm³/mol. The Morgan fingerprint density at radius 1 is 1.00 bits per heavy atom. The third-order valence-corrected chi connectivity index (χ3v) is 6.27. The highest BCUT2D eigenvalue weighted by Crippen LogP contribution is 2.20. The molecule has 2 aromatic carbocycles. The first-order valence-corrected chi connectivity index (χ1v) is 12.8. The van der Waals surface area contributed by atoms with Crippen LogP contribution in [0.5, 0.6) is 5.75 Å². The van der Waals surface area contributed by atoms with E-state index in [4.69, 9.17) is 16.2 Å². The van der Waals surface area contributed by atoms with Crippen molar-refractivity contribution in [2.45, 2.75) is 38.5 Å². The van der Waals surface area contributed by atoms with Crippen LogP contribution in [0.15, 0.2) is 72.2 Å². The van der Waals surface area contributed by atoms with Gasteiger partial charge in [-0.2, -0.15) is 0 Å². The van der Waals surface area contributed by atoms with E-state index in [1.807, 2.05) is 30.3 Å². The fourth-order valence-corrected chi connectivity index (χ4v) is 4.29. The van der Waals surface area contributed by atoms with Crippen LogP contribution in [0.3, 0.4) is 0 Å². The molecule has 0 aliphatic rings. The lowest BCUT2D eigenvalue weighted by molar-refractivity contribution is -0.119. The zero-order valence-corrected chi connectivity index (χ0v) is 21.9. The third kappa shape index (κ3) is 9.66. The van der Waals surface area contributed by atoms with Crippen LogP contribution >= 0.6 is 11.3 Å². The molecule has 200 valence electrons. The number of benzene rings is 2. The van der Waals surface area contributed by atoms with Gasteiger partial charge >= 0.3 is 0 Å². The van der Waals surface area contributed by atoms with Gasteiger partial charge in [0.1, 0.15) is 10.8 Å². The van der Waals surface area contributed by atoms with Gasteiger partial charge in [0, 0.05) is 12.1 Å². The molecule has 9 nitrogen and oxygen atoms in total. The van der Waals surface area contributed by atoms with Gasteiger partial charge in [-0.15, -0.1) is 10.2 Å². The number of hydrogen-bond acceptors (Lipinski definition) is 8. The number of carbonyl (C=O) groups is 2. The summed E-state index contributed by atoms with van der Waals surface area (Å²) in [5.74, 6) is -0.659. The van der Waals surface area contributed by atoms with Gasteiger partial charge in [0.25, 0.3) is 0 Å². The quantitative estimate of drug-likeness (QED) is 0.192. The second-order valence-corrected chi connectivity index (χ2v) is 9.54. The molecule has 11 heteroatoms. The number of carbonyl (C=O) groups excluding carboxylic acids is 2. The minimum atomic E-state index is -0.517. The Balaban J connectivity index is 1.35. The first kappa shape index (κ1) is 28.3. The molecule has 0 radical (unpaired) electrons. The molecule has 0 unspecified atom stereocenters. The minimum Gasteiger partial charge on any atom is -0.494 e. The second-order valence-electron chi connectivity index (χ2n) is 8.48. The van der Waals surface area contributed by atoms with E-state index < -0.39 is 5.82 Å². The van der Waals surface area contributed by atoms with Crippen molar-refractivity contribution in [3.63, 3.8) is 0 Å². The van der Waals surface area contributed by atoms with Crippen molar-refractivity contribution in [1.82, 2.24) is 15.5 Å². The van der Waals surface area contributed by atoms with Gasteiger partial charge in [0.05, 0.1) is 20.0 Å². The van der Waals surface area contributed by atoms with Gasteiger partial charge in [-0.3, -0.25) is 9.59 Å². The van der Waals surface area contributed by atoms with Crippen LogP contribution in [0.4, 0.5) is 9.52 Å². The smallest absolute Gasteiger partial charge is 0.230 e. The normalized spacial score (nSPS) is 11.7. The largest absolute Gasteiger partial charge is 0.494 e. The number of amides is 2. The average Bonchev–Trinajstić information content (AvgIpc) is 3.33. The second kappa shape index (κ2) is 14.5. The fourth-order valence-electron chi connectivity index (χ4n) is 3.49. The standard InChI is InChI=1S/C27H31FN6O3S/c1-37-22-13-11-19(15-21(22)28)17-25(36)32-27-34-33-26(38-27)10-6-5-9-20(29)12-14-23(30)31-24(35)16-18-7-3-2-4-8-18/h2-4,7-8,11-15H,5-6,9-10,16-17,29-30H2,1H3,(H,31,35)(H,32,34,36)/b20-12-,23-14+. The van der Waals surface area contributed by atoms with Crippen LogP contribution in [0.2, 0.25) is 0 Å². The number of aromatic nitrogens is 2. The summed E-state index contributed by atoms with van der Waals surface area (Å²) < 4.78 is 18.7. The predicted octanol–water partition coefficient (Wildman–Crippen LogP) is 3.58. The third-order valence-electron chi connectivity index (χ3n) is 5.37. The molecule has 3 rings (SSSR count). The number of ether oxygens (including phenoxy) is 1. The Kier molecular flexibility index (Phi) is 10.8. The number of methoxy groups -OCH3 is 1. The molecule has 6 N–H and O–H groups in total. The maximum absolute atomic E-state index is 13.8. The van der Waals surface area contributed by atoms with E-state index in [0.717, 1.165) is 23.4 Å². The molecule has 1 aromatic heterocycles. The number of aryl methyl sites for hydroxylation is 1. The molecule has 1 heterocycles. The number of anilines is 1. The van der Waals surface area contributed by atoms with Crippen molar-refractivity contribution in [2.75, 3.05) is 12.4 Å². The number of nitrogens with two attached hydrogens (primary N) is 2. The summed E-state index contributed by atoms with van der Waals surface area (Å²) in [5, 5.41) is 14.6. The number of nitrogens with zero attached hydrogens (tertiary/aromatic N) is 2. The molecule has 38 heavy (non-hydrogen) atoms. The first-order valence-electron chi connectivity index (χ1n) is 12.0. The zero-order chi connectivity index (χ0) is 27.3. The molecular weight excluding hydrogens is 507 g/mol. The van der Waals surface area contributed by atoms with Crippen molar-refractivity contribution in [3.8, 4) is 5.75 Å². The van der Waals surface area contributed by atoms with Gasteiger partial charge < -0.3 is 26.8 Å². The fraction of sp³-hybridized carbons (Fsp3) is 0.259. The topological polar surface area (TPSA) is 145 Å². The van der Waals surface area contributed by atoms with Gasteiger partial charge in [-0.1, -0.05) is 47.7 Å². The average molecular weight is 539 g/mol. The number of hydrogen-bond donors (Lipinski definition) is 4. The van der Waals surface area contributed by atoms with Crippen molar-refractivity contribution in [2.24, 2.45) is 11.5 Å². The maximum atomic E-state index is 13.8. The first-order chi connectivity index (χ1) is 18.3. The molecule has 0 aliphatic heterocycles. The van der Waals surface area contributed by atoms with Gasteiger partial charge in [-0.05, 0) is 54.7 Å². The van der Waals surface area contributed by atoms with Crippen LogP contribution in [0, 0.1) is 5.82 Å². The van der Waals surface area contributed by atoms with E-state index in [1.54, 1.807) is 18.2 Å². The Hall–Kier alpha value is -4.25. The van der Waals surface area contributed by atoms with Crippen molar-refractivity contribution in [1.29, 1.82) is 0 Å². The summed E-state index contributed by atoms with van der Waals surface area (Å²) in [6.45, 7) is 0. The lowest BCUT2D eigenvalue weighted by atomic mass is 10.1. The molecule has 3 aromatic rings. The van der Waals surface area contributed by atoms with Crippen molar-refractivity contribution >= 4 is 28.3 Å². The summed E-state index contributed by atoms with van der Waals surface area (Å²) in [4.78, 5) is 24.3. The van der Waals surface area contributed by atoms with Crippen LogP contribution < -0.4 is 26.8 Å². The minimum absolute atomic E-state index is 0.0110. The number of unbranched alkanes of at least 4 members (excludes halogenated alkanes) is 1. The summed E-state index contributed by atoms with van der Waals surface area (Å²) in [7, 11) is 1.38. The Bertz CT molecular complexity index is 1290. The van der Waals surface area contributed by atoms with Gasteiger partial charge in [0.15, 0.2) is 11.6 Å². The molecule has 0 fully saturated rings. The number of allylic oxidation sites excluding steroid dienone is 3. The summed E-state index contributed by atoms with van der Waals surface area (Å²) >= 11 is 1.30. The van der Waals surface area contributed by atoms with Crippen LogP contribution in [0.25, 0.3) is 0 Å². The molecule has 0 aliphatic carbocycles. The molecule has 0 bridgehead atoms.